The summed E-state index contributed by atoms with van der Waals surface area (Å²) in [6.07, 6.45) is 5.10. The molecule has 1 aromatic heterocycles. The molecule has 1 aromatic rings. The Balaban J connectivity index is 1.55. The first kappa shape index (κ1) is 14.4. The van der Waals surface area contributed by atoms with E-state index in [9.17, 15) is 4.79 Å². The lowest BCUT2D eigenvalue weighted by molar-refractivity contribution is 0.0934. The molecule has 3 rings (SSSR count). The average Bonchev–Trinajstić information content (AvgIpc) is 2.99. The summed E-state index contributed by atoms with van der Waals surface area (Å²) in [5.74, 6) is 0.578. The number of likely N-dealkylation sites (tertiary alicyclic amines) is 1. The minimum absolute atomic E-state index is 0.0729. The number of carbonyl (C=O) groups is 1. The Kier molecular flexibility index (Phi) is 3.93. The van der Waals surface area contributed by atoms with E-state index in [1.165, 1.54) is 38.8 Å². The van der Waals surface area contributed by atoms with Gasteiger partial charge in [-0.1, -0.05) is 0 Å². The third kappa shape index (κ3) is 3.59. The van der Waals surface area contributed by atoms with Crippen LogP contribution in [0.5, 0.6) is 0 Å². The monoisotopic (exact) mass is 288 g/mol. The van der Waals surface area contributed by atoms with Crippen LogP contribution >= 0.6 is 0 Å². The van der Waals surface area contributed by atoms with Crippen molar-refractivity contribution in [3.05, 3.63) is 23.3 Å². The number of carbonyl (C=O) groups excluding carboxylic acids is 1. The molecule has 0 unspecified atom stereocenters. The molecule has 0 radical (unpaired) electrons. The molecule has 2 aliphatic rings. The average molecular weight is 288 g/mol. The van der Waals surface area contributed by atoms with Crippen molar-refractivity contribution < 1.29 is 4.79 Å². The van der Waals surface area contributed by atoms with Crippen molar-refractivity contribution in [3.63, 3.8) is 0 Å². The predicted molar refractivity (Wildman–Crippen MR) is 81.2 cm³/mol. The highest BCUT2D eigenvalue weighted by Crippen LogP contribution is 2.46. The first-order valence-electron chi connectivity index (χ1n) is 7.89. The van der Waals surface area contributed by atoms with Crippen LogP contribution in [-0.2, 0) is 0 Å². The minimum atomic E-state index is -0.0729. The van der Waals surface area contributed by atoms with Gasteiger partial charge in [-0.15, -0.1) is 0 Å². The maximum absolute atomic E-state index is 12.2. The van der Waals surface area contributed by atoms with Crippen molar-refractivity contribution in [2.75, 3.05) is 26.2 Å². The molecular weight excluding hydrogens is 264 g/mol. The second kappa shape index (κ2) is 5.72. The van der Waals surface area contributed by atoms with Crippen molar-refractivity contribution in [1.29, 1.82) is 0 Å². The summed E-state index contributed by atoms with van der Waals surface area (Å²) < 4.78 is 0. The van der Waals surface area contributed by atoms with Gasteiger partial charge in [-0.3, -0.25) is 4.79 Å². The molecule has 1 amide bonds. The fourth-order valence-electron chi connectivity index (χ4n) is 3.17. The van der Waals surface area contributed by atoms with Crippen molar-refractivity contribution in [2.24, 2.45) is 5.41 Å². The second-order valence-electron chi connectivity index (χ2n) is 6.61. The van der Waals surface area contributed by atoms with Crippen LogP contribution in [0, 0.1) is 19.3 Å². The van der Waals surface area contributed by atoms with Crippen LogP contribution in [0.25, 0.3) is 0 Å². The van der Waals surface area contributed by atoms with Gasteiger partial charge in [0.25, 0.3) is 5.91 Å². The van der Waals surface area contributed by atoms with Crippen molar-refractivity contribution in [1.82, 2.24) is 20.2 Å². The lowest BCUT2D eigenvalue weighted by atomic mass is 10.1. The van der Waals surface area contributed by atoms with Gasteiger partial charge < -0.3 is 10.2 Å². The van der Waals surface area contributed by atoms with Crippen LogP contribution in [0.1, 0.15) is 47.7 Å². The first-order chi connectivity index (χ1) is 10.1. The topological polar surface area (TPSA) is 58.1 Å². The van der Waals surface area contributed by atoms with E-state index in [4.69, 9.17) is 0 Å². The van der Waals surface area contributed by atoms with Crippen LogP contribution in [0.15, 0.2) is 6.07 Å². The number of nitrogens with zero attached hydrogens (tertiary/aromatic N) is 3. The van der Waals surface area contributed by atoms with Crippen molar-refractivity contribution in [2.45, 2.75) is 39.5 Å². The van der Waals surface area contributed by atoms with E-state index in [1.807, 2.05) is 13.8 Å². The molecule has 0 aromatic carbocycles. The molecule has 1 saturated carbocycles. The van der Waals surface area contributed by atoms with E-state index in [1.54, 1.807) is 6.07 Å². The fraction of sp³-hybridized carbons (Fsp3) is 0.688. The van der Waals surface area contributed by atoms with Crippen LogP contribution in [-0.4, -0.2) is 47.0 Å². The lowest BCUT2D eigenvalue weighted by Crippen LogP contribution is -2.37. The Morgan fingerprint density at radius 3 is 2.62 bits per heavy atom. The standard InChI is InChI=1S/C16H24N4O/c1-12-9-14(19-13(2)18-12)15(21)17-10-16(5-6-16)11-20-7-3-4-8-20/h9H,3-8,10-11H2,1-2H3,(H,17,21). The van der Waals surface area contributed by atoms with Crippen molar-refractivity contribution in [3.8, 4) is 0 Å². The second-order valence-corrected chi connectivity index (χ2v) is 6.61. The molecular formula is C16H24N4O. The van der Waals surface area contributed by atoms with Gasteiger partial charge in [0.1, 0.15) is 11.5 Å². The maximum atomic E-state index is 12.2. The fourth-order valence-corrected chi connectivity index (χ4v) is 3.17. The Hall–Kier alpha value is -1.49. The Labute approximate surface area is 126 Å². The highest BCUT2D eigenvalue weighted by molar-refractivity contribution is 5.92. The summed E-state index contributed by atoms with van der Waals surface area (Å²) in [5, 5.41) is 3.07. The number of nitrogens with one attached hydrogen (secondary N) is 1. The molecule has 2 fully saturated rings. The number of amides is 1. The van der Waals surface area contributed by atoms with E-state index in [2.05, 4.69) is 20.2 Å². The zero-order valence-corrected chi connectivity index (χ0v) is 13.0. The molecule has 0 atom stereocenters. The summed E-state index contributed by atoms with van der Waals surface area (Å²) >= 11 is 0. The van der Waals surface area contributed by atoms with E-state index < -0.39 is 0 Å². The molecule has 21 heavy (non-hydrogen) atoms. The molecule has 0 bridgehead atoms. The highest BCUT2D eigenvalue weighted by atomic mass is 16.1. The predicted octanol–water partition coefficient (Wildman–Crippen LogP) is 1.70. The third-order valence-corrected chi connectivity index (χ3v) is 4.54. The largest absolute Gasteiger partial charge is 0.350 e. The quantitative estimate of drug-likeness (QED) is 0.896. The van der Waals surface area contributed by atoms with Gasteiger partial charge in [0, 0.05) is 24.2 Å². The molecule has 2 heterocycles. The summed E-state index contributed by atoms with van der Waals surface area (Å²) in [7, 11) is 0. The minimum Gasteiger partial charge on any atom is -0.350 e. The summed E-state index contributed by atoms with van der Waals surface area (Å²) in [6, 6.07) is 1.75. The van der Waals surface area contributed by atoms with E-state index in [-0.39, 0.29) is 5.91 Å². The smallest absolute Gasteiger partial charge is 0.270 e. The molecule has 0 spiro atoms. The van der Waals surface area contributed by atoms with Gasteiger partial charge in [-0.2, -0.15) is 0 Å². The molecule has 5 heteroatoms. The van der Waals surface area contributed by atoms with Gasteiger partial charge in [0.15, 0.2) is 0 Å². The van der Waals surface area contributed by atoms with Gasteiger partial charge in [0.2, 0.25) is 0 Å². The molecule has 1 aliphatic heterocycles. The summed E-state index contributed by atoms with van der Waals surface area (Å²) in [5.41, 5.74) is 1.64. The lowest BCUT2D eigenvalue weighted by Gasteiger charge is -2.23. The molecule has 1 aliphatic carbocycles. The SMILES string of the molecule is Cc1cc(C(=O)NCC2(CN3CCCC3)CC2)nc(C)n1. The van der Waals surface area contributed by atoms with E-state index >= 15 is 0 Å². The third-order valence-electron chi connectivity index (χ3n) is 4.54. The normalized spacial score (nSPS) is 20.5. The van der Waals surface area contributed by atoms with E-state index in [0.29, 0.717) is 16.9 Å². The van der Waals surface area contributed by atoms with E-state index in [0.717, 1.165) is 18.8 Å². The zero-order chi connectivity index (χ0) is 14.9. The first-order valence-corrected chi connectivity index (χ1v) is 7.89. The summed E-state index contributed by atoms with van der Waals surface area (Å²) in [6.45, 7) is 8.06. The van der Waals surface area contributed by atoms with Crippen LogP contribution in [0.4, 0.5) is 0 Å². The van der Waals surface area contributed by atoms with Crippen LogP contribution in [0.3, 0.4) is 0 Å². The number of rotatable bonds is 5. The number of aryl methyl sites for hydroxylation is 2. The Morgan fingerprint density at radius 1 is 1.29 bits per heavy atom. The number of hydrogen-bond acceptors (Lipinski definition) is 4. The van der Waals surface area contributed by atoms with Gasteiger partial charge in [-0.25, -0.2) is 9.97 Å². The van der Waals surface area contributed by atoms with Crippen LogP contribution in [0.2, 0.25) is 0 Å². The van der Waals surface area contributed by atoms with Crippen molar-refractivity contribution >= 4 is 5.91 Å². The Morgan fingerprint density at radius 2 is 2.00 bits per heavy atom. The summed E-state index contributed by atoms with van der Waals surface area (Å²) in [4.78, 5) is 23.2. The van der Waals surface area contributed by atoms with Gasteiger partial charge in [0.05, 0.1) is 0 Å². The van der Waals surface area contributed by atoms with Gasteiger partial charge in [-0.05, 0) is 58.7 Å². The molecule has 1 N–H and O–H groups in total. The molecule has 5 nitrogen and oxygen atoms in total. The number of hydrogen-bond donors (Lipinski definition) is 1. The zero-order valence-electron chi connectivity index (χ0n) is 13.0. The number of aromatic nitrogens is 2. The Bertz CT molecular complexity index is 513. The molecule has 1 saturated heterocycles. The maximum Gasteiger partial charge on any atom is 0.270 e. The van der Waals surface area contributed by atoms with Crippen LogP contribution < -0.4 is 5.32 Å². The van der Waals surface area contributed by atoms with Gasteiger partial charge >= 0.3 is 0 Å². The highest BCUT2D eigenvalue weighted by Gasteiger charge is 2.44. The molecule has 114 valence electrons.